The number of nitrogens with zero attached hydrogens (tertiary/aromatic N) is 1. The summed E-state index contributed by atoms with van der Waals surface area (Å²) >= 11 is 0. The van der Waals surface area contributed by atoms with E-state index in [0.717, 1.165) is 38.8 Å². The van der Waals surface area contributed by atoms with Crippen molar-refractivity contribution in [2.45, 2.75) is 56.8 Å². The first-order valence-corrected chi connectivity index (χ1v) is 7.92. The molecular formula is C15H25ClN2O2. The van der Waals surface area contributed by atoms with Gasteiger partial charge in [-0.25, -0.2) is 0 Å². The molecule has 114 valence electrons. The molecule has 2 bridgehead atoms. The van der Waals surface area contributed by atoms with E-state index < -0.39 is 0 Å². The number of halogens is 1. The van der Waals surface area contributed by atoms with Crippen LogP contribution in [0.2, 0.25) is 0 Å². The first-order valence-electron chi connectivity index (χ1n) is 7.92. The predicted molar refractivity (Wildman–Crippen MR) is 78.6 cm³/mol. The summed E-state index contributed by atoms with van der Waals surface area (Å²) < 4.78 is 5.97. The van der Waals surface area contributed by atoms with Crippen LogP contribution < -0.4 is 5.73 Å². The van der Waals surface area contributed by atoms with E-state index in [9.17, 15) is 4.79 Å². The number of hydrogen-bond donors (Lipinski definition) is 1. The predicted octanol–water partition coefficient (Wildman–Crippen LogP) is 1.56. The molecule has 1 aliphatic carbocycles. The molecule has 6 atom stereocenters. The van der Waals surface area contributed by atoms with Crippen molar-refractivity contribution in [3.05, 3.63) is 0 Å². The van der Waals surface area contributed by atoms with E-state index in [1.807, 2.05) is 0 Å². The van der Waals surface area contributed by atoms with Gasteiger partial charge in [0.15, 0.2) is 0 Å². The normalized spacial score (nSPS) is 46.1. The van der Waals surface area contributed by atoms with Crippen LogP contribution in [0.1, 0.15) is 38.5 Å². The molecule has 0 aromatic heterocycles. The topological polar surface area (TPSA) is 55.6 Å². The molecule has 20 heavy (non-hydrogen) atoms. The summed E-state index contributed by atoms with van der Waals surface area (Å²) in [7, 11) is 0. The maximum absolute atomic E-state index is 12.6. The van der Waals surface area contributed by atoms with Gasteiger partial charge in [-0.05, 0) is 32.1 Å². The van der Waals surface area contributed by atoms with Crippen LogP contribution in [-0.4, -0.2) is 42.1 Å². The molecule has 0 aromatic carbocycles. The zero-order chi connectivity index (χ0) is 13.0. The molecule has 3 aliphatic heterocycles. The minimum absolute atomic E-state index is 0. The fourth-order valence-corrected chi connectivity index (χ4v) is 4.85. The maximum atomic E-state index is 12.6. The van der Waals surface area contributed by atoms with Crippen LogP contribution in [0.3, 0.4) is 0 Å². The van der Waals surface area contributed by atoms with Crippen LogP contribution in [0.5, 0.6) is 0 Å². The van der Waals surface area contributed by atoms with Gasteiger partial charge in [0.1, 0.15) is 0 Å². The van der Waals surface area contributed by atoms with Crippen molar-refractivity contribution in [2.24, 2.45) is 23.5 Å². The van der Waals surface area contributed by atoms with Crippen molar-refractivity contribution in [2.75, 3.05) is 13.1 Å². The van der Waals surface area contributed by atoms with Gasteiger partial charge in [0.2, 0.25) is 5.91 Å². The summed E-state index contributed by atoms with van der Waals surface area (Å²) in [5.41, 5.74) is 6.02. The summed E-state index contributed by atoms with van der Waals surface area (Å²) in [6, 6.07) is 0.240. The van der Waals surface area contributed by atoms with Gasteiger partial charge in [-0.1, -0.05) is 6.42 Å². The lowest BCUT2D eigenvalue weighted by molar-refractivity contribution is -0.136. The Bertz CT molecular complexity index is 374. The van der Waals surface area contributed by atoms with Gasteiger partial charge >= 0.3 is 0 Å². The molecule has 2 N–H and O–H groups in total. The Morgan fingerprint density at radius 2 is 1.70 bits per heavy atom. The standard InChI is InChI=1S/C15H24N2O2.ClH/c16-10-3-1-2-9(6-10)15(18)17-7-11-12(8-17)14-5-4-13(11)19-14;/h9-14H,1-8,16H2;1H. The Morgan fingerprint density at radius 3 is 2.30 bits per heavy atom. The molecule has 4 nitrogen and oxygen atoms in total. The van der Waals surface area contributed by atoms with Crippen LogP contribution >= 0.6 is 12.4 Å². The van der Waals surface area contributed by atoms with Crippen molar-refractivity contribution in [1.29, 1.82) is 0 Å². The molecule has 0 spiro atoms. The van der Waals surface area contributed by atoms with E-state index in [1.54, 1.807) is 0 Å². The number of nitrogens with two attached hydrogens (primary N) is 1. The quantitative estimate of drug-likeness (QED) is 0.799. The van der Waals surface area contributed by atoms with Gasteiger partial charge in [-0.2, -0.15) is 0 Å². The number of fused-ring (bicyclic) bond motifs is 5. The van der Waals surface area contributed by atoms with E-state index in [1.165, 1.54) is 12.8 Å². The third kappa shape index (κ3) is 2.26. The molecule has 4 aliphatic rings. The highest BCUT2D eigenvalue weighted by Crippen LogP contribution is 2.47. The monoisotopic (exact) mass is 300 g/mol. The van der Waals surface area contributed by atoms with Crippen LogP contribution in [-0.2, 0) is 9.53 Å². The first kappa shape index (κ1) is 14.6. The zero-order valence-corrected chi connectivity index (χ0v) is 12.7. The van der Waals surface area contributed by atoms with Gasteiger partial charge in [-0.15, -0.1) is 12.4 Å². The average molecular weight is 301 g/mol. The Kier molecular flexibility index (Phi) is 3.99. The molecule has 4 fully saturated rings. The van der Waals surface area contributed by atoms with Crippen molar-refractivity contribution < 1.29 is 9.53 Å². The minimum Gasteiger partial charge on any atom is -0.374 e. The van der Waals surface area contributed by atoms with Crippen LogP contribution in [0, 0.1) is 17.8 Å². The van der Waals surface area contributed by atoms with Crippen LogP contribution in [0.4, 0.5) is 0 Å². The van der Waals surface area contributed by atoms with E-state index in [-0.39, 0.29) is 24.4 Å². The smallest absolute Gasteiger partial charge is 0.225 e. The number of rotatable bonds is 1. The van der Waals surface area contributed by atoms with Crippen molar-refractivity contribution in [3.8, 4) is 0 Å². The van der Waals surface area contributed by atoms with Gasteiger partial charge < -0.3 is 15.4 Å². The number of carbonyl (C=O) groups is 1. The highest BCUT2D eigenvalue weighted by atomic mass is 35.5. The molecule has 1 amide bonds. The van der Waals surface area contributed by atoms with E-state index in [4.69, 9.17) is 10.5 Å². The Balaban J connectivity index is 0.00000121. The number of hydrogen-bond acceptors (Lipinski definition) is 3. The molecular weight excluding hydrogens is 276 g/mol. The third-order valence-corrected chi connectivity index (χ3v) is 5.83. The summed E-state index contributed by atoms with van der Waals surface area (Å²) in [4.78, 5) is 14.8. The second kappa shape index (κ2) is 5.47. The minimum atomic E-state index is 0. The molecule has 4 rings (SSSR count). The Labute approximate surface area is 126 Å². The summed E-state index contributed by atoms with van der Waals surface area (Å²) in [6.07, 6.45) is 7.46. The lowest BCUT2D eigenvalue weighted by atomic mass is 9.82. The number of carbonyl (C=O) groups excluding carboxylic acids is 1. The largest absolute Gasteiger partial charge is 0.374 e. The Hall–Kier alpha value is -0.320. The average Bonchev–Trinajstić information content (AvgIpc) is 3.10. The highest BCUT2D eigenvalue weighted by Gasteiger charge is 2.54. The SMILES string of the molecule is Cl.NC1CCCC(C(=O)N2CC3C4CCC(O4)C3C2)C1. The first-order chi connectivity index (χ1) is 9.22. The van der Waals surface area contributed by atoms with Crippen molar-refractivity contribution in [1.82, 2.24) is 4.90 Å². The van der Waals surface area contributed by atoms with Gasteiger partial charge in [0, 0.05) is 36.9 Å². The zero-order valence-electron chi connectivity index (χ0n) is 11.9. The molecule has 0 aromatic rings. The van der Waals surface area contributed by atoms with E-state index in [0.29, 0.717) is 30.0 Å². The van der Waals surface area contributed by atoms with E-state index >= 15 is 0 Å². The third-order valence-electron chi connectivity index (χ3n) is 5.83. The lowest BCUT2D eigenvalue weighted by Gasteiger charge is -2.30. The molecule has 1 saturated carbocycles. The number of ether oxygens (including phenoxy) is 1. The van der Waals surface area contributed by atoms with Gasteiger partial charge in [-0.3, -0.25) is 4.79 Å². The maximum Gasteiger partial charge on any atom is 0.225 e. The fraction of sp³-hybridized carbons (Fsp3) is 0.933. The second-order valence-electron chi connectivity index (χ2n) is 6.98. The van der Waals surface area contributed by atoms with Gasteiger partial charge in [0.25, 0.3) is 0 Å². The van der Waals surface area contributed by atoms with Crippen LogP contribution in [0.25, 0.3) is 0 Å². The summed E-state index contributed by atoms with van der Waals surface area (Å²) in [5, 5.41) is 0. The molecule has 0 radical (unpaired) electrons. The number of amides is 1. The molecule has 3 saturated heterocycles. The van der Waals surface area contributed by atoms with E-state index in [2.05, 4.69) is 4.90 Å². The summed E-state index contributed by atoms with van der Waals surface area (Å²) in [5.74, 6) is 1.82. The lowest BCUT2D eigenvalue weighted by Crippen LogP contribution is -2.40. The fourth-order valence-electron chi connectivity index (χ4n) is 4.85. The number of likely N-dealkylation sites (tertiary alicyclic amines) is 1. The molecule has 3 heterocycles. The van der Waals surface area contributed by atoms with Crippen molar-refractivity contribution in [3.63, 3.8) is 0 Å². The van der Waals surface area contributed by atoms with Crippen molar-refractivity contribution >= 4 is 18.3 Å². The summed E-state index contributed by atoms with van der Waals surface area (Å²) in [6.45, 7) is 1.88. The van der Waals surface area contributed by atoms with Gasteiger partial charge in [0.05, 0.1) is 12.2 Å². The van der Waals surface area contributed by atoms with Crippen LogP contribution in [0.15, 0.2) is 0 Å². The molecule has 6 unspecified atom stereocenters. The Morgan fingerprint density at radius 1 is 1.05 bits per heavy atom. The second-order valence-corrected chi connectivity index (χ2v) is 6.98. The highest BCUT2D eigenvalue weighted by molar-refractivity contribution is 5.85. The molecule has 5 heteroatoms.